The van der Waals surface area contributed by atoms with E-state index in [-0.39, 0.29) is 30.2 Å². The summed E-state index contributed by atoms with van der Waals surface area (Å²) in [5.74, 6) is 0.180. The Morgan fingerprint density at radius 2 is 1.76 bits per heavy atom. The van der Waals surface area contributed by atoms with Gasteiger partial charge in [0.1, 0.15) is 0 Å². The third-order valence-electron chi connectivity index (χ3n) is 6.48. The number of halogens is 1. The molecule has 3 fully saturated rings. The fourth-order valence-electron chi connectivity index (χ4n) is 5.13. The maximum Gasteiger partial charge on any atom is 0.227 e. The number of carbonyl (C=O) groups excluding carboxylic acids is 1. The van der Waals surface area contributed by atoms with Gasteiger partial charge in [0.15, 0.2) is 0 Å². The Balaban J connectivity index is 1.31. The van der Waals surface area contributed by atoms with E-state index in [1.54, 1.807) is 0 Å². The third kappa shape index (κ3) is 4.95. The van der Waals surface area contributed by atoms with Gasteiger partial charge in [-0.25, -0.2) is 12.7 Å². The lowest BCUT2D eigenvalue weighted by molar-refractivity contribution is -0.139. The van der Waals surface area contributed by atoms with Gasteiger partial charge in [-0.05, 0) is 56.2 Å². The Morgan fingerprint density at radius 1 is 1.10 bits per heavy atom. The third-order valence-corrected chi connectivity index (χ3v) is 8.02. The maximum absolute atomic E-state index is 12.9. The zero-order chi connectivity index (χ0) is 20.6. The second kappa shape index (κ2) is 8.53. The number of fused-ring (bicyclic) bond motifs is 2. The largest absolute Gasteiger partial charge is 0.375 e. The molecule has 0 saturated carbocycles. The van der Waals surface area contributed by atoms with Gasteiger partial charge < -0.3 is 9.64 Å². The molecule has 3 saturated heterocycles. The van der Waals surface area contributed by atoms with Crippen molar-refractivity contribution in [3.05, 3.63) is 34.9 Å². The monoisotopic (exact) mass is 440 g/mol. The summed E-state index contributed by atoms with van der Waals surface area (Å²) >= 11 is 6.05. The molecule has 1 unspecified atom stereocenters. The topological polar surface area (TPSA) is 66.9 Å². The molecule has 1 aromatic carbocycles. The lowest BCUT2D eigenvalue weighted by Gasteiger charge is -2.41. The Labute approximate surface area is 178 Å². The Kier molecular flexibility index (Phi) is 6.21. The van der Waals surface area contributed by atoms with E-state index in [4.69, 9.17) is 16.3 Å². The predicted octanol–water partition coefficient (Wildman–Crippen LogP) is 2.85. The first-order valence-corrected chi connectivity index (χ1v) is 12.7. The van der Waals surface area contributed by atoms with Crippen LogP contribution in [0.3, 0.4) is 0 Å². The van der Waals surface area contributed by atoms with Gasteiger partial charge in [-0.1, -0.05) is 23.7 Å². The molecule has 0 radical (unpaired) electrons. The SMILES string of the molecule is CS(=O)(=O)N1CCC(OC2C[C@H]3CC[C@@H](C2)N3C(=O)Cc2cccc(Cl)c2)CC1. The predicted molar refractivity (Wildman–Crippen MR) is 112 cm³/mol. The van der Waals surface area contributed by atoms with Gasteiger partial charge in [0, 0.05) is 30.2 Å². The van der Waals surface area contributed by atoms with Crippen LogP contribution in [0.25, 0.3) is 0 Å². The van der Waals surface area contributed by atoms with Crippen molar-refractivity contribution in [1.82, 2.24) is 9.21 Å². The maximum atomic E-state index is 12.9. The van der Waals surface area contributed by atoms with Crippen LogP contribution < -0.4 is 0 Å². The molecule has 0 N–H and O–H groups in total. The van der Waals surface area contributed by atoms with Crippen molar-refractivity contribution in [3.63, 3.8) is 0 Å². The minimum atomic E-state index is -3.11. The van der Waals surface area contributed by atoms with Crippen molar-refractivity contribution in [3.8, 4) is 0 Å². The normalized spacial score (nSPS) is 28.6. The van der Waals surface area contributed by atoms with Gasteiger partial charge in [-0.2, -0.15) is 0 Å². The number of hydrogen-bond donors (Lipinski definition) is 0. The molecule has 1 amide bonds. The van der Waals surface area contributed by atoms with Crippen LogP contribution in [0.2, 0.25) is 5.02 Å². The van der Waals surface area contributed by atoms with Gasteiger partial charge >= 0.3 is 0 Å². The van der Waals surface area contributed by atoms with Crippen LogP contribution in [0.5, 0.6) is 0 Å². The summed E-state index contributed by atoms with van der Waals surface area (Å²) < 4.78 is 31.2. The van der Waals surface area contributed by atoms with Crippen LogP contribution in [0.1, 0.15) is 44.1 Å². The molecule has 0 aromatic heterocycles. The number of ether oxygens (including phenoxy) is 1. The zero-order valence-corrected chi connectivity index (χ0v) is 18.4. The minimum Gasteiger partial charge on any atom is -0.375 e. The number of nitrogens with zero attached hydrogens (tertiary/aromatic N) is 2. The lowest BCUT2D eigenvalue weighted by Crippen LogP contribution is -2.50. The molecule has 0 spiro atoms. The van der Waals surface area contributed by atoms with Crippen molar-refractivity contribution in [2.75, 3.05) is 19.3 Å². The van der Waals surface area contributed by atoms with E-state index in [9.17, 15) is 13.2 Å². The summed E-state index contributed by atoms with van der Waals surface area (Å²) in [7, 11) is -3.11. The Morgan fingerprint density at radius 3 is 2.34 bits per heavy atom. The first kappa shape index (κ1) is 21.1. The van der Waals surface area contributed by atoms with Crippen LogP contribution in [-0.4, -0.2) is 67.2 Å². The number of amides is 1. The minimum absolute atomic E-state index is 0.117. The van der Waals surface area contributed by atoms with Crippen LogP contribution in [0.4, 0.5) is 0 Å². The molecule has 3 heterocycles. The van der Waals surface area contributed by atoms with Crippen molar-refractivity contribution in [2.45, 2.75) is 69.2 Å². The van der Waals surface area contributed by atoms with Gasteiger partial charge in [-0.3, -0.25) is 4.79 Å². The van der Waals surface area contributed by atoms with Crippen LogP contribution >= 0.6 is 11.6 Å². The summed E-state index contributed by atoms with van der Waals surface area (Å²) in [4.78, 5) is 15.0. The first-order valence-electron chi connectivity index (χ1n) is 10.5. The molecule has 0 aliphatic carbocycles. The molecule has 4 rings (SSSR count). The molecule has 2 bridgehead atoms. The molecule has 3 aliphatic heterocycles. The highest BCUT2D eigenvalue weighted by atomic mass is 35.5. The lowest BCUT2D eigenvalue weighted by atomic mass is 9.97. The van der Waals surface area contributed by atoms with E-state index in [2.05, 4.69) is 4.90 Å². The molecule has 160 valence electrons. The Hall–Kier alpha value is -1.15. The summed E-state index contributed by atoms with van der Waals surface area (Å²) in [5, 5.41) is 0.660. The number of sulfonamides is 1. The van der Waals surface area contributed by atoms with E-state index in [0.717, 1.165) is 44.1 Å². The number of carbonyl (C=O) groups is 1. The summed E-state index contributed by atoms with van der Waals surface area (Å²) in [6, 6.07) is 8.02. The molecule has 29 heavy (non-hydrogen) atoms. The van der Waals surface area contributed by atoms with Crippen molar-refractivity contribution >= 4 is 27.5 Å². The fraction of sp³-hybridized carbons (Fsp3) is 0.667. The molecule has 1 aromatic rings. The average Bonchev–Trinajstić information content (AvgIpc) is 2.92. The highest BCUT2D eigenvalue weighted by molar-refractivity contribution is 7.88. The first-order chi connectivity index (χ1) is 13.8. The molecule has 6 nitrogen and oxygen atoms in total. The summed E-state index contributed by atoms with van der Waals surface area (Å²) in [5.41, 5.74) is 0.956. The average molecular weight is 441 g/mol. The molecule has 3 atom stereocenters. The molecule has 8 heteroatoms. The van der Waals surface area contributed by atoms with E-state index in [0.29, 0.717) is 24.5 Å². The summed E-state index contributed by atoms with van der Waals surface area (Å²) in [6.07, 6.45) is 7.27. The van der Waals surface area contributed by atoms with E-state index in [1.807, 2.05) is 24.3 Å². The van der Waals surface area contributed by atoms with Gasteiger partial charge in [0.25, 0.3) is 0 Å². The van der Waals surface area contributed by atoms with E-state index < -0.39 is 10.0 Å². The number of rotatable bonds is 5. The standard InChI is InChI=1S/C21H29ClN2O4S/c1-29(26,27)23-9-7-19(8-10-23)28-20-13-17-5-6-18(14-20)24(17)21(25)12-15-3-2-4-16(22)11-15/h2-4,11,17-20H,5-10,12-14H2,1H3/t17-,18+,20?. The van der Waals surface area contributed by atoms with Crippen molar-refractivity contribution in [1.29, 1.82) is 0 Å². The second-order valence-electron chi connectivity index (χ2n) is 8.58. The molecular formula is C21H29ClN2O4S. The van der Waals surface area contributed by atoms with Crippen molar-refractivity contribution in [2.24, 2.45) is 0 Å². The number of benzene rings is 1. The van der Waals surface area contributed by atoms with Crippen LogP contribution in [0, 0.1) is 0 Å². The molecular weight excluding hydrogens is 412 g/mol. The van der Waals surface area contributed by atoms with Crippen LogP contribution in [-0.2, 0) is 26.0 Å². The second-order valence-corrected chi connectivity index (χ2v) is 11.0. The van der Waals surface area contributed by atoms with Crippen LogP contribution in [0.15, 0.2) is 24.3 Å². The number of hydrogen-bond acceptors (Lipinski definition) is 4. The number of piperidine rings is 2. The van der Waals surface area contributed by atoms with E-state index in [1.165, 1.54) is 10.6 Å². The Bertz CT molecular complexity index is 840. The van der Waals surface area contributed by atoms with Gasteiger partial charge in [0.2, 0.25) is 15.9 Å². The molecule has 3 aliphatic rings. The highest BCUT2D eigenvalue weighted by Crippen LogP contribution is 2.38. The van der Waals surface area contributed by atoms with Crippen molar-refractivity contribution < 1.29 is 17.9 Å². The highest BCUT2D eigenvalue weighted by Gasteiger charge is 2.44. The fourth-order valence-corrected chi connectivity index (χ4v) is 6.22. The quantitative estimate of drug-likeness (QED) is 0.706. The van der Waals surface area contributed by atoms with Gasteiger partial charge in [-0.15, -0.1) is 0 Å². The van der Waals surface area contributed by atoms with Gasteiger partial charge in [0.05, 0.1) is 24.9 Å². The zero-order valence-electron chi connectivity index (χ0n) is 16.8. The summed E-state index contributed by atoms with van der Waals surface area (Å²) in [6.45, 7) is 1.07. The smallest absolute Gasteiger partial charge is 0.227 e. The van der Waals surface area contributed by atoms with E-state index >= 15 is 0 Å².